The van der Waals surface area contributed by atoms with Crippen molar-refractivity contribution < 1.29 is 14.0 Å². The minimum Gasteiger partial charge on any atom is -0.356 e. The highest BCUT2D eigenvalue weighted by molar-refractivity contribution is 5.95. The number of nitrogens with zero attached hydrogens (tertiary/aromatic N) is 2. The van der Waals surface area contributed by atoms with Crippen molar-refractivity contribution in [1.29, 1.82) is 0 Å². The summed E-state index contributed by atoms with van der Waals surface area (Å²) in [6.07, 6.45) is 4.56. The normalized spacial score (nSPS) is 17.9. The first-order valence-electron chi connectivity index (χ1n) is 10.8. The van der Waals surface area contributed by atoms with Gasteiger partial charge in [-0.15, -0.1) is 0 Å². The Labute approximate surface area is 187 Å². The summed E-state index contributed by atoms with van der Waals surface area (Å²) in [7, 11) is 0. The molecule has 2 aromatic carbocycles. The Morgan fingerprint density at radius 2 is 1.91 bits per heavy atom. The highest BCUT2D eigenvalue weighted by Crippen LogP contribution is 2.36. The third-order valence-corrected chi connectivity index (χ3v) is 6.03. The molecule has 2 amide bonds. The highest BCUT2D eigenvalue weighted by Gasteiger charge is 2.46. The number of carbonyl (C=O) groups excluding carboxylic acids is 2. The average molecular weight is 432 g/mol. The highest BCUT2D eigenvalue weighted by atomic mass is 19.1. The second-order valence-electron chi connectivity index (χ2n) is 8.22. The fraction of sp³-hybridized carbons (Fsp3) is 0.269. The van der Waals surface area contributed by atoms with Gasteiger partial charge in [-0.25, -0.2) is 4.39 Å². The molecule has 1 aliphatic heterocycles. The van der Waals surface area contributed by atoms with Crippen LogP contribution in [0.3, 0.4) is 0 Å². The van der Waals surface area contributed by atoms with Crippen LogP contribution in [0.2, 0.25) is 0 Å². The molecule has 164 valence electrons. The molecular weight excluding hydrogens is 405 g/mol. The first kappa shape index (κ1) is 21.7. The van der Waals surface area contributed by atoms with Gasteiger partial charge < -0.3 is 10.2 Å². The largest absolute Gasteiger partial charge is 0.356 e. The van der Waals surface area contributed by atoms with Crippen molar-refractivity contribution in [2.45, 2.75) is 19.8 Å². The van der Waals surface area contributed by atoms with Crippen molar-refractivity contribution in [3.8, 4) is 11.1 Å². The van der Waals surface area contributed by atoms with Crippen molar-refractivity contribution in [3.05, 3.63) is 90.0 Å². The lowest BCUT2D eigenvalue weighted by molar-refractivity contribution is -0.130. The van der Waals surface area contributed by atoms with E-state index in [1.54, 1.807) is 23.2 Å². The Morgan fingerprint density at radius 3 is 2.66 bits per heavy atom. The van der Waals surface area contributed by atoms with Gasteiger partial charge in [-0.3, -0.25) is 14.6 Å². The maximum absolute atomic E-state index is 14.2. The summed E-state index contributed by atoms with van der Waals surface area (Å²) in [5, 5.41) is 2.94. The van der Waals surface area contributed by atoms with Crippen LogP contribution in [0.4, 0.5) is 4.39 Å². The molecular formula is C26H26FN3O2. The van der Waals surface area contributed by atoms with Gasteiger partial charge in [0.05, 0.1) is 11.0 Å². The average Bonchev–Trinajstić information content (AvgIpc) is 3.25. The summed E-state index contributed by atoms with van der Waals surface area (Å²) in [6.45, 7) is 3.05. The smallest absolute Gasteiger partial charge is 0.256 e. The van der Waals surface area contributed by atoms with E-state index in [9.17, 15) is 14.0 Å². The minimum atomic E-state index is -0.759. The molecule has 3 aromatic rings. The first-order valence-corrected chi connectivity index (χ1v) is 10.8. The molecule has 4 rings (SSSR count). The Kier molecular flexibility index (Phi) is 6.30. The van der Waals surface area contributed by atoms with Crippen molar-refractivity contribution in [3.63, 3.8) is 0 Å². The van der Waals surface area contributed by atoms with E-state index in [0.29, 0.717) is 25.9 Å². The van der Waals surface area contributed by atoms with Crippen molar-refractivity contribution in [2.75, 3.05) is 19.6 Å². The molecule has 2 heterocycles. The molecule has 1 fully saturated rings. The van der Waals surface area contributed by atoms with Crippen molar-refractivity contribution >= 4 is 11.8 Å². The molecule has 0 aliphatic carbocycles. The molecule has 1 aromatic heterocycles. The van der Waals surface area contributed by atoms with Gasteiger partial charge in [-0.05, 0) is 54.7 Å². The van der Waals surface area contributed by atoms with Gasteiger partial charge in [-0.1, -0.05) is 42.5 Å². The molecule has 32 heavy (non-hydrogen) atoms. The van der Waals surface area contributed by atoms with Crippen LogP contribution in [0.5, 0.6) is 0 Å². The maximum atomic E-state index is 14.2. The molecule has 5 nitrogen and oxygen atoms in total. The molecule has 1 atom stereocenters. The predicted octanol–water partition coefficient (Wildman–Crippen LogP) is 4.10. The third-order valence-electron chi connectivity index (χ3n) is 6.03. The van der Waals surface area contributed by atoms with E-state index >= 15 is 0 Å². The van der Waals surface area contributed by atoms with Crippen LogP contribution in [0.1, 0.15) is 29.3 Å². The molecule has 1 saturated heterocycles. The number of aromatic nitrogens is 1. The van der Waals surface area contributed by atoms with Gasteiger partial charge in [0.15, 0.2) is 0 Å². The van der Waals surface area contributed by atoms with Crippen molar-refractivity contribution in [1.82, 2.24) is 15.2 Å². The number of amides is 2. The molecule has 0 unspecified atom stereocenters. The zero-order chi connectivity index (χ0) is 22.6. The van der Waals surface area contributed by atoms with Crippen LogP contribution >= 0.6 is 0 Å². The van der Waals surface area contributed by atoms with E-state index in [2.05, 4.69) is 16.4 Å². The number of hydrogen-bond acceptors (Lipinski definition) is 3. The van der Waals surface area contributed by atoms with Crippen LogP contribution in [-0.2, 0) is 11.2 Å². The monoisotopic (exact) mass is 431 g/mol. The summed E-state index contributed by atoms with van der Waals surface area (Å²) in [6, 6.07) is 17.9. The Bertz CT molecular complexity index is 1120. The van der Waals surface area contributed by atoms with E-state index < -0.39 is 11.2 Å². The second kappa shape index (κ2) is 9.30. The van der Waals surface area contributed by atoms with E-state index in [0.717, 1.165) is 16.7 Å². The third kappa shape index (κ3) is 4.40. The first-order chi connectivity index (χ1) is 15.5. The lowest BCUT2D eigenvalue weighted by Crippen LogP contribution is -2.45. The summed E-state index contributed by atoms with van der Waals surface area (Å²) in [4.78, 5) is 31.9. The lowest BCUT2D eigenvalue weighted by atomic mass is 9.79. The number of pyridine rings is 1. The van der Waals surface area contributed by atoms with Crippen LogP contribution in [0.25, 0.3) is 11.1 Å². The quantitative estimate of drug-likeness (QED) is 0.639. The summed E-state index contributed by atoms with van der Waals surface area (Å²) in [5.74, 6) is -0.994. The number of likely N-dealkylation sites (tertiary alicyclic amines) is 1. The summed E-state index contributed by atoms with van der Waals surface area (Å²) < 4.78 is 14.2. The second-order valence-corrected chi connectivity index (χ2v) is 8.22. The lowest BCUT2D eigenvalue weighted by Gasteiger charge is -2.28. The van der Waals surface area contributed by atoms with E-state index in [1.165, 1.54) is 12.1 Å². The molecule has 0 radical (unpaired) electrons. The van der Waals surface area contributed by atoms with Crippen molar-refractivity contribution in [2.24, 2.45) is 5.41 Å². The number of nitrogens with one attached hydrogen (secondary N) is 1. The van der Waals surface area contributed by atoms with Gasteiger partial charge in [0, 0.05) is 32.0 Å². The minimum absolute atomic E-state index is 0.0396. The Balaban J connectivity index is 1.61. The van der Waals surface area contributed by atoms with E-state index in [1.807, 2.05) is 43.5 Å². The van der Waals surface area contributed by atoms with E-state index in [-0.39, 0.29) is 23.9 Å². The van der Waals surface area contributed by atoms with Gasteiger partial charge >= 0.3 is 0 Å². The zero-order valence-electron chi connectivity index (χ0n) is 18.1. The number of carbonyl (C=O) groups is 2. The van der Waals surface area contributed by atoms with Crippen LogP contribution in [0.15, 0.2) is 73.1 Å². The molecule has 1 aliphatic rings. The van der Waals surface area contributed by atoms with Gasteiger partial charge in [0.25, 0.3) is 5.91 Å². The Hall–Kier alpha value is -3.54. The fourth-order valence-corrected chi connectivity index (χ4v) is 4.39. The summed E-state index contributed by atoms with van der Waals surface area (Å²) in [5.41, 5.74) is 2.32. The number of benzene rings is 2. The SMILES string of the molecule is CCNC(=O)[C@]1(Cc2cccc(-c3cccnc3)c2)CCN(C(=O)c2ccccc2F)C1. The molecule has 0 saturated carbocycles. The topological polar surface area (TPSA) is 62.3 Å². The van der Waals surface area contributed by atoms with Gasteiger partial charge in [0.2, 0.25) is 5.91 Å². The van der Waals surface area contributed by atoms with E-state index in [4.69, 9.17) is 0 Å². The standard InChI is InChI=1S/C26H26FN3O2/c1-2-29-25(32)26(12-14-30(18-26)24(31)22-10-3-4-11-23(22)27)16-19-7-5-8-20(15-19)21-9-6-13-28-17-21/h3-11,13,15,17H,2,12,14,16,18H2,1H3,(H,29,32)/t26-/m0/s1. The van der Waals surface area contributed by atoms with Crippen LogP contribution in [-0.4, -0.2) is 41.3 Å². The van der Waals surface area contributed by atoms with Gasteiger partial charge in [0.1, 0.15) is 5.82 Å². The molecule has 0 bridgehead atoms. The molecule has 1 N–H and O–H groups in total. The summed E-state index contributed by atoms with van der Waals surface area (Å²) >= 11 is 0. The number of hydrogen-bond donors (Lipinski definition) is 1. The maximum Gasteiger partial charge on any atom is 0.256 e. The molecule has 0 spiro atoms. The van der Waals surface area contributed by atoms with Crippen LogP contribution in [0, 0.1) is 11.2 Å². The van der Waals surface area contributed by atoms with Crippen LogP contribution < -0.4 is 5.32 Å². The van der Waals surface area contributed by atoms with Gasteiger partial charge in [-0.2, -0.15) is 0 Å². The fourth-order valence-electron chi connectivity index (χ4n) is 4.39. The Morgan fingerprint density at radius 1 is 1.09 bits per heavy atom. The zero-order valence-corrected chi connectivity index (χ0v) is 18.1. The number of halogens is 1. The molecule has 6 heteroatoms. The predicted molar refractivity (Wildman–Crippen MR) is 121 cm³/mol. The number of rotatable bonds is 6.